The number of nitrogens with one attached hydrogen (secondary N) is 1. The molecule has 0 atom stereocenters. The number of rotatable bonds is 9. The van der Waals surface area contributed by atoms with E-state index in [1.54, 1.807) is 37.2 Å². The molecule has 0 saturated heterocycles. The molecule has 3 aromatic heterocycles. The van der Waals surface area contributed by atoms with Crippen LogP contribution in [0.5, 0.6) is 11.5 Å². The monoisotopic (exact) mass is 508 g/mol. The van der Waals surface area contributed by atoms with Gasteiger partial charge in [0.2, 0.25) is 0 Å². The smallest absolute Gasteiger partial charge is 0.339 e. The molecular weight excluding hydrogens is 484 g/mol. The largest absolute Gasteiger partial charge is 0.497 e. The normalized spacial score (nSPS) is 12.9. The lowest BCUT2D eigenvalue weighted by Crippen LogP contribution is -2.19. The predicted molar refractivity (Wildman–Crippen MR) is 134 cm³/mol. The van der Waals surface area contributed by atoms with Crippen LogP contribution in [0.1, 0.15) is 33.7 Å². The maximum atomic E-state index is 12.3. The van der Waals surface area contributed by atoms with Crippen LogP contribution < -0.4 is 20.1 Å². The van der Waals surface area contributed by atoms with Crippen molar-refractivity contribution in [2.45, 2.75) is 18.9 Å². The first-order valence-corrected chi connectivity index (χ1v) is 11.9. The predicted octanol–water partition coefficient (Wildman–Crippen LogP) is 3.53. The Morgan fingerprint density at radius 3 is 2.67 bits per heavy atom. The number of carbonyl (C=O) groups excluding carboxylic acids is 2. The molecule has 3 heterocycles. The van der Waals surface area contributed by atoms with Gasteiger partial charge in [0.1, 0.15) is 17.2 Å². The number of aromatic amines is 1. The summed E-state index contributed by atoms with van der Waals surface area (Å²) >= 11 is 1.31. The van der Waals surface area contributed by atoms with E-state index in [1.165, 1.54) is 24.6 Å². The van der Waals surface area contributed by atoms with E-state index >= 15 is 0 Å². The SMILES string of the molecule is COC(=O)c1c[nH]c(-c2sc(N(c3cnn(-c4ccc(OC)cc4OC)c3)C3CC3)nc2C(N)=O)c1. The highest BCUT2D eigenvalue weighted by Crippen LogP contribution is 2.43. The number of benzene rings is 1. The van der Waals surface area contributed by atoms with Crippen LogP contribution in [0.2, 0.25) is 0 Å². The van der Waals surface area contributed by atoms with Gasteiger partial charge in [-0.3, -0.25) is 4.79 Å². The lowest BCUT2D eigenvalue weighted by Gasteiger charge is -2.19. The number of ether oxygens (including phenoxy) is 3. The summed E-state index contributed by atoms with van der Waals surface area (Å²) in [6.07, 6.45) is 7.12. The quantitative estimate of drug-likeness (QED) is 0.328. The highest BCUT2D eigenvalue weighted by Gasteiger charge is 2.35. The molecule has 1 amide bonds. The summed E-state index contributed by atoms with van der Waals surface area (Å²) in [6, 6.07) is 7.33. The molecule has 12 heteroatoms. The summed E-state index contributed by atoms with van der Waals surface area (Å²) in [5.41, 5.74) is 8.25. The molecule has 186 valence electrons. The molecule has 1 fully saturated rings. The Balaban J connectivity index is 1.53. The molecule has 0 bridgehead atoms. The summed E-state index contributed by atoms with van der Waals surface area (Å²) in [4.78, 5) is 34.4. The van der Waals surface area contributed by atoms with Crippen molar-refractivity contribution < 1.29 is 23.8 Å². The van der Waals surface area contributed by atoms with Crippen LogP contribution in [0.4, 0.5) is 10.8 Å². The van der Waals surface area contributed by atoms with Crippen LogP contribution in [0.15, 0.2) is 42.9 Å². The lowest BCUT2D eigenvalue weighted by molar-refractivity contribution is 0.0601. The first-order chi connectivity index (χ1) is 17.4. The molecule has 4 aromatic rings. The summed E-state index contributed by atoms with van der Waals surface area (Å²) in [7, 11) is 4.50. The van der Waals surface area contributed by atoms with Gasteiger partial charge >= 0.3 is 5.97 Å². The standard InChI is InChI=1S/C24H24N6O5S/c1-33-16-6-7-18(19(9-16)34-2)29-12-15(11-27-29)30(14-4-5-14)24-28-20(22(25)31)21(36-24)17-8-13(10-26-17)23(32)35-3/h6-12,14,26H,4-5H2,1-3H3,(H2,25,31). The summed E-state index contributed by atoms with van der Waals surface area (Å²) < 4.78 is 17.3. The second-order valence-electron chi connectivity index (χ2n) is 8.11. The Kier molecular flexibility index (Phi) is 6.10. The topological polar surface area (TPSA) is 138 Å². The van der Waals surface area contributed by atoms with E-state index in [4.69, 9.17) is 19.9 Å². The average Bonchev–Trinajstić information content (AvgIpc) is 3.28. The molecule has 11 nitrogen and oxygen atoms in total. The van der Waals surface area contributed by atoms with Gasteiger partial charge in [-0.2, -0.15) is 5.10 Å². The third-order valence-electron chi connectivity index (χ3n) is 5.80. The number of nitrogens with two attached hydrogens (primary N) is 1. The molecule has 5 rings (SSSR count). The number of nitrogens with zero attached hydrogens (tertiary/aromatic N) is 4. The molecule has 36 heavy (non-hydrogen) atoms. The summed E-state index contributed by atoms with van der Waals surface area (Å²) in [6.45, 7) is 0. The van der Waals surface area contributed by atoms with E-state index in [1.807, 2.05) is 18.3 Å². The minimum absolute atomic E-state index is 0.128. The van der Waals surface area contributed by atoms with Crippen LogP contribution in [-0.4, -0.2) is 59.0 Å². The highest BCUT2D eigenvalue weighted by molar-refractivity contribution is 7.19. The number of methoxy groups -OCH3 is 3. The lowest BCUT2D eigenvalue weighted by atomic mass is 10.2. The zero-order valence-corrected chi connectivity index (χ0v) is 20.7. The van der Waals surface area contributed by atoms with Crippen molar-refractivity contribution in [2.24, 2.45) is 5.73 Å². The molecule has 0 spiro atoms. The van der Waals surface area contributed by atoms with Gasteiger partial charge in [0.15, 0.2) is 10.8 Å². The minimum atomic E-state index is -0.656. The molecule has 0 radical (unpaired) electrons. The second-order valence-corrected chi connectivity index (χ2v) is 9.09. The molecule has 1 saturated carbocycles. The number of esters is 1. The van der Waals surface area contributed by atoms with E-state index < -0.39 is 11.9 Å². The van der Waals surface area contributed by atoms with E-state index in [9.17, 15) is 9.59 Å². The Labute approximate surface area is 210 Å². The van der Waals surface area contributed by atoms with Gasteiger partial charge in [-0.25, -0.2) is 14.5 Å². The third kappa shape index (κ3) is 4.26. The van der Waals surface area contributed by atoms with E-state index in [2.05, 4.69) is 20.0 Å². The van der Waals surface area contributed by atoms with Crippen molar-refractivity contribution in [1.29, 1.82) is 0 Å². The number of primary amides is 1. The average molecular weight is 509 g/mol. The van der Waals surface area contributed by atoms with Gasteiger partial charge in [0, 0.05) is 18.3 Å². The zero-order chi connectivity index (χ0) is 25.4. The van der Waals surface area contributed by atoms with Crippen molar-refractivity contribution in [3.05, 3.63) is 54.1 Å². The van der Waals surface area contributed by atoms with Crippen molar-refractivity contribution in [1.82, 2.24) is 19.7 Å². The van der Waals surface area contributed by atoms with Crippen LogP contribution in [0.25, 0.3) is 16.3 Å². The van der Waals surface area contributed by atoms with Crippen molar-refractivity contribution in [2.75, 3.05) is 26.2 Å². The number of amides is 1. The molecule has 0 unspecified atom stereocenters. The molecule has 0 aliphatic heterocycles. The maximum Gasteiger partial charge on any atom is 0.339 e. The Hall–Kier alpha value is -4.32. The second kappa shape index (κ2) is 9.38. The van der Waals surface area contributed by atoms with Gasteiger partial charge < -0.3 is 29.8 Å². The number of thiazole rings is 1. The number of hydrogen-bond acceptors (Lipinski definition) is 9. The fourth-order valence-corrected chi connectivity index (χ4v) is 5.02. The van der Waals surface area contributed by atoms with Crippen molar-refractivity contribution in [3.63, 3.8) is 0 Å². The Morgan fingerprint density at radius 2 is 2.00 bits per heavy atom. The van der Waals surface area contributed by atoms with E-state index in [0.29, 0.717) is 32.8 Å². The van der Waals surface area contributed by atoms with E-state index in [-0.39, 0.29) is 11.7 Å². The zero-order valence-electron chi connectivity index (χ0n) is 19.8. The van der Waals surface area contributed by atoms with Gasteiger partial charge in [-0.05, 0) is 31.0 Å². The first kappa shape index (κ1) is 23.4. The van der Waals surface area contributed by atoms with Gasteiger partial charge in [0.25, 0.3) is 5.91 Å². The number of anilines is 2. The molecule has 3 N–H and O–H groups in total. The fourth-order valence-electron chi connectivity index (χ4n) is 3.88. The third-order valence-corrected chi connectivity index (χ3v) is 6.88. The number of aromatic nitrogens is 4. The summed E-state index contributed by atoms with van der Waals surface area (Å²) in [5, 5.41) is 5.15. The van der Waals surface area contributed by atoms with Crippen LogP contribution in [0, 0.1) is 0 Å². The number of H-pyrrole nitrogens is 1. The van der Waals surface area contributed by atoms with Gasteiger partial charge in [-0.15, -0.1) is 0 Å². The van der Waals surface area contributed by atoms with Crippen LogP contribution >= 0.6 is 11.3 Å². The van der Waals surface area contributed by atoms with Crippen molar-refractivity contribution in [3.8, 4) is 27.8 Å². The Morgan fingerprint density at radius 1 is 1.19 bits per heavy atom. The van der Waals surface area contributed by atoms with Crippen molar-refractivity contribution >= 4 is 34.0 Å². The van der Waals surface area contributed by atoms with E-state index in [0.717, 1.165) is 24.2 Å². The number of hydrogen-bond donors (Lipinski definition) is 2. The number of carbonyl (C=O) groups is 2. The fraction of sp³-hybridized carbons (Fsp3) is 0.250. The Bertz CT molecular complexity index is 1440. The minimum Gasteiger partial charge on any atom is -0.497 e. The molecule has 1 aliphatic carbocycles. The molecule has 1 aliphatic rings. The first-order valence-electron chi connectivity index (χ1n) is 11.1. The van der Waals surface area contributed by atoms with Gasteiger partial charge in [-0.1, -0.05) is 11.3 Å². The molecular formula is C24H24N6O5S. The van der Waals surface area contributed by atoms with Crippen LogP contribution in [-0.2, 0) is 4.74 Å². The van der Waals surface area contributed by atoms with Gasteiger partial charge in [0.05, 0.1) is 55.5 Å². The maximum absolute atomic E-state index is 12.3. The summed E-state index contributed by atoms with van der Waals surface area (Å²) in [5.74, 6) is 0.152. The highest BCUT2D eigenvalue weighted by atomic mass is 32.1. The molecule has 1 aromatic carbocycles. The van der Waals surface area contributed by atoms with Crippen LogP contribution in [0.3, 0.4) is 0 Å².